The van der Waals surface area contributed by atoms with Gasteiger partial charge in [-0.2, -0.15) is 0 Å². The molecule has 0 saturated carbocycles. The minimum absolute atomic E-state index is 0.384. The molecular weight excluding hydrogens is 206 g/mol. The average molecular weight is 225 g/mol. The van der Waals surface area contributed by atoms with Gasteiger partial charge in [-0.15, -0.1) is 0 Å². The highest BCUT2D eigenvalue weighted by Gasteiger charge is 1.96. The number of hydrogen-bond donors (Lipinski definition) is 0. The van der Waals surface area contributed by atoms with Crippen LogP contribution in [0.25, 0.3) is 0 Å². The molecule has 0 aliphatic heterocycles. The van der Waals surface area contributed by atoms with E-state index < -0.39 is 0 Å². The molecule has 0 atom stereocenters. The Morgan fingerprint density at radius 2 is 2.00 bits per heavy atom. The van der Waals surface area contributed by atoms with Crippen LogP contribution in [-0.2, 0) is 14.3 Å². The molecule has 16 heavy (non-hydrogen) atoms. The summed E-state index contributed by atoms with van der Waals surface area (Å²) in [6.45, 7) is 10.5. The van der Waals surface area contributed by atoms with Gasteiger partial charge in [0.25, 0.3) is 0 Å². The quantitative estimate of drug-likeness (QED) is 0.354. The molecule has 0 unspecified atom stereocenters. The average Bonchev–Trinajstić information content (AvgIpc) is 2.31. The van der Waals surface area contributed by atoms with Crippen molar-refractivity contribution in [3.8, 4) is 0 Å². The minimum atomic E-state index is 0.384. The second kappa shape index (κ2) is 13.5. The molecule has 90 valence electrons. The van der Waals surface area contributed by atoms with E-state index in [-0.39, 0.29) is 0 Å². The monoisotopic (exact) mass is 225 g/mol. The van der Waals surface area contributed by atoms with Gasteiger partial charge in [0.2, 0.25) is 0 Å². The van der Waals surface area contributed by atoms with Crippen molar-refractivity contribution < 1.29 is 14.3 Å². The standard InChI is InChI=1S/C11H17NO2.CH2O/c1-4-6-11(5-2)9-14-10-12(3)7-8-13;1-2/h4-6,8H,1-2,7,9-10H2,3H3;1H2/b11-6+;. The third kappa shape index (κ3) is 10.6. The maximum atomic E-state index is 10.1. The molecule has 0 rings (SSSR count). The fourth-order valence-electron chi connectivity index (χ4n) is 0.826. The van der Waals surface area contributed by atoms with Crippen molar-refractivity contribution >= 4 is 13.1 Å². The molecule has 0 aliphatic carbocycles. The second-order valence-corrected chi connectivity index (χ2v) is 2.86. The number of aldehydes is 1. The molecule has 4 nitrogen and oxygen atoms in total. The molecule has 0 N–H and O–H groups in total. The minimum Gasteiger partial charge on any atom is -0.361 e. The zero-order valence-corrected chi connectivity index (χ0v) is 9.72. The lowest BCUT2D eigenvalue weighted by Crippen LogP contribution is -2.24. The fourth-order valence-corrected chi connectivity index (χ4v) is 0.826. The molecular formula is C12H19NO3. The predicted molar refractivity (Wildman–Crippen MR) is 65.1 cm³/mol. The van der Waals surface area contributed by atoms with Crippen LogP contribution in [0.4, 0.5) is 0 Å². The van der Waals surface area contributed by atoms with E-state index in [2.05, 4.69) is 13.2 Å². The highest BCUT2D eigenvalue weighted by molar-refractivity contribution is 5.51. The normalized spacial score (nSPS) is 10.2. The van der Waals surface area contributed by atoms with Crippen LogP contribution in [0.2, 0.25) is 0 Å². The lowest BCUT2D eigenvalue weighted by atomic mass is 10.2. The largest absolute Gasteiger partial charge is 0.361 e. The summed E-state index contributed by atoms with van der Waals surface area (Å²) in [6, 6.07) is 0. The van der Waals surface area contributed by atoms with E-state index in [1.807, 2.05) is 19.9 Å². The maximum absolute atomic E-state index is 10.1. The van der Waals surface area contributed by atoms with Crippen molar-refractivity contribution in [1.29, 1.82) is 0 Å². The van der Waals surface area contributed by atoms with Crippen LogP contribution in [0.5, 0.6) is 0 Å². The van der Waals surface area contributed by atoms with Crippen molar-refractivity contribution in [2.24, 2.45) is 0 Å². The Balaban J connectivity index is 0. The van der Waals surface area contributed by atoms with E-state index in [9.17, 15) is 4.79 Å². The van der Waals surface area contributed by atoms with Crippen LogP contribution in [0, 0.1) is 0 Å². The van der Waals surface area contributed by atoms with Crippen LogP contribution in [0.15, 0.2) is 37.0 Å². The Bertz CT molecular complexity index is 236. The van der Waals surface area contributed by atoms with Crippen molar-refractivity contribution in [3.63, 3.8) is 0 Å². The highest BCUT2D eigenvalue weighted by Crippen LogP contribution is 1.97. The third-order valence-electron chi connectivity index (χ3n) is 1.56. The van der Waals surface area contributed by atoms with Gasteiger partial charge in [0, 0.05) is 0 Å². The van der Waals surface area contributed by atoms with E-state index in [0.29, 0.717) is 19.9 Å². The molecule has 0 aromatic heterocycles. The van der Waals surface area contributed by atoms with Gasteiger partial charge in [0.05, 0.1) is 19.9 Å². The Labute approximate surface area is 96.9 Å². The number of carbonyl (C=O) groups excluding carboxylic acids is 2. The molecule has 0 radical (unpaired) electrons. The molecule has 0 bridgehead atoms. The number of ether oxygens (including phenoxy) is 1. The third-order valence-corrected chi connectivity index (χ3v) is 1.56. The van der Waals surface area contributed by atoms with E-state index in [1.165, 1.54) is 0 Å². The van der Waals surface area contributed by atoms with Crippen molar-refractivity contribution in [1.82, 2.24) is 4.90 Å². The van der Waals surface area contributed by atoms with Gasteiger partial charge in [0.1, 0.15) is 13.1 Å². The van der Waals surface area contributed by atoms with E-state index in [4.69, 9.17) is 9.53 Å². The summed E-state index contributed by atoms with van der Waals surface area (Å²) in [5, 5.41) is 0. The zero-order chi connectivity index (χ0) is 12.8. The first-order valence-corrected chi connectivity index (χ1v) is 4.67. The van der Waals surface area contributed by atoms with Crippen LogP contribution >= 0.6 is 0 Å². The Morgan fingerprint density at radius 1 is 1.38 bits per heavy atom. The summed E-state index contributed by atoms with van der Waals surface area (Å²) in [4.78, 5) is 19.9. The van der Waals surface area contributed by atoms with Crippen molar-refractivity contribution in [2.75, 3.05) is 26.9 Å². The number of carbonyl (C=O) groups is 2. The number of rotatable bonds is 8. The Morgan fingerprint density at radius 3 is 2.44 bits per heavy atom. The number of hydrogen-bond acceptors (Lipinski definition) is 4. The van der Waals surface area contributed by atoms with Crippen LogP contribution in [0.3, 0.4) is 0 Å². The number of allylic oxidation sites excluding steroid dienone is 2. The van der Waals surface area contributed by atoms with E-state index in [1.54, 1.807) is 17.1 Å². The van der Waals surface area contributed by atoms with Gasteiger partial charge in [0.15, 0.2) is 0 Å². The Hall–Kier alpha value is -1.52. The maximum Gasteiger partial charge on any atom is 0.134 e. The lowest BCUT2D eigenvalue weighted by molar-refractivity contribution is -0.109. The van der Waals surface area contributed by atoms with Gasteiger partial charge in [-0.3, -0.25) is 4.90 Å². The summed E-state index contributed by atoms with van der Waals surface area (Å²) in [7, 11) is 1.82. The first-order chi connectivity index (χ1) is 7.74. The summed E-state index contributed by atoms with van der Waals surface area (Å²) in [5.41, 5.74) is 0.972. The summed E-state index contributed by atoms with van der Waals surface area (Å²) in [6.07, 6.45) is 6.10. The summed E-state index contributed by atoms with van der Waals surface area (Å²) >= 11 is 0. The molecule has 0 aliphatic rings. The molecule has 0 saturated heterocycles. The molecule has 0 aromatic carbocycles. The smallest absolute Gasteiger partial charge is 0.134 e. The SMILES string of the molecule is C=C/C=C(\C=C)COCN(C)CC=O.C=O. The first-order valence-electron chi connectivity index (χ1n) is 4.67. The highest BCUT2D eigenvalue weighted by atomic mass is 16.5. The molecule has 4 heteroatoms. The number of likely N-dealkylation sites (N-methyl/N-ethyl adjacent to an activating group) is 1. The Kier molecular flexibility index (Phi) is 14.2. The van der Waals surface area contributed by atoms with Gasteiger partial charge in [-0.05, 0) is 12.6 Å². The van der Waals surface area contributed by atoms with Crippen LogP contribution in [0.1, 0.15) is 0 Å². The van der Waals surface area contributed by atoms with Gasteiger partial charge < -0.3 is 14.3 Å². The van der Waals surface area contributed by atoms with Gasteiger partial charge in [-0.25, -0.2) is 0 Å². The van der Waals surface area contributed by atoms with Gasteiger partial charge >= 0.3 is 0 Å². The first kappa shape index (κ1) is 16.9. The summed E-state index contributed by atoms with van der Waals surface area (Å²) < 4.78 is 5.33. The molecule has 0 amide bonds. The predicted octanol–water partition coefficient (Wildman–Crippen LogP) is 1.20. The number of nitrogens with zero attached hydrogens (tertiary/aromatic N) is 1. The molecule has 0 aromatic rings. The summed E-state index contributed by atoms with van der Waals surface area (Å²) in [5.74, 6) is 0. The molecule has 0 spiro atoms. The van der Waals surface area contributed by atoms with Crippen molar-refractivity contribution in [2.45, 2.75) is 0 Å². The molecule has 0 fully saturated rings. The van der Waals surface area contributed by atoms with Crippen LogP contribution < -0.4 is 0 Å². The van der Waals surface area contributed by atoms with Gasteiger partial charge in [-0.1, -0.05) is 31.4 Å². The lowest BCUT2D eigenvalue weighted by Gasteiger charge is -2.13. The topological polar surface area (TPSA) is 46.6 Å². The van der Waals surface area contributed by atoms with E-state index >= 15 is 0 Å². The van der Waals surface area contributed by atoms with Crippen LogP contribution in [-0.4, -0.2) is 44.9 Å². The fraction of sp³-hybridized carbons (Fsp3) is 0.333. The second-order valence-electron chi connectivity index (χ2n) is 2.86. The zero-order valence-electron chi connectivity index (χ0n) is 9.72. The van der Waals surface area contributed by atoms with Crippen molar-refractivity contribution in [3.05, 3.63) is 37.0 Å². The van der Waals surface area contributed by atoms with E-state index in [0.717, 1.165) is 11.9 Å². The molecule has 0 heterocycles.